The minimum absolute atomic E-state index is 0. The largest absolute Gasteiger partial charge is 0.487 e. The highest BCUT2D eigenvalue weighted by atomic mass is 35.5. The minimum atomic E-state index is -4.14. The van der Waals surface area contributed by atoms with E-state index in [0.717, 1.165) is 0 Å². The Balaban J connectivity index is 0.00000256. The van der Waals surface area contributed by atoms with Gasteiger partial charge in [-0.1, -0.05) is 0 Å². The van der Waals surface area contributed by atoms with Gasteiger partial charge >= 0.3 is 12.3 Å². The van der Waals surface area contributed by atoms with Crippen molar-refractivity contribution >= 4 is 18.1 Å². The first-order chi connectivity index (χ1) is 7.33. The van der Waals surface area contributed by atoms with Gasteiger partial charge in [-0.2, -0.15) is 8.78 Å². The molecule has 0 spiro atoms. The van der Waals surface area contributed by atoms with Gasteiger partial charge in [0.2, 0.25) is 0 Å². The van der Waals surface area contributed by atoms with Crippen LogP contribution in [0.25, 0.3) is 0 Å². The van der Waals surface area contributed by atoms with Crippen LogP contribution in [0.3, 0.4) is 0 Å². The van der Waals surface area contributed by atoms with E-state index >= 15 is 0 Å². The molecule has 1 aromatic carbocycles. The van der Waals surface area contributed by atoms with Gasteiger partial charge in [-0.05, 0) is 30.7 Å². The highest BCUT2D eigenvalue weighted by Gasteiger charge is 2.41. The van der Waals surface area contributed by atoms with Gasteiger partial charge in [-0.25, -0.2) is 8.78 Å². The van der Waals surface area contributed by atoms with Crippen LogP contribution in [0.4, 0.5) is 23.2 Å². The second kappa shape index (κ2) is 5.95. The van der Waals surface area contributed by atoms with E-state index in [2.05, 4.69) is 4.74 Å². The third-order valence-corrected chi connectivity index (χ3v) is 1.99. The summed E-state index contributed by atoms with van der Waals surface area (Å²) in [5, 5.41) is 0. The Hall–Kier alpha value is -1.17. The van der Waals surface area contributed by atoms with Crippen LogP contribution in [-0.2, 0) is 0 Å². The first kappa shape index (κ1) is 15.8. The van der Waals surface area contributed by atoms with E-state index in [4.69, 9.17) is 5.73 Å². The zero-order valence-electron chi connectivity index (χ0n) is 8.92. The number of ether oxygens (including phenoxy) is 1. The first-order valence-corrected chi connectivity index (χ1v) is 4.48. The number of nitrogen functional groups attached to an aromatic ring is 1. The lowest BCUT2D eigenvalue weighted by molar-refractivity contribution is -0.148. The second-order valence-corrected chi connectivity index (χ2v) is 3.37. The molecule has 0 fully saturated rings. The summed E-state index contributed by atoms with van der Waals surface area (Å²) in [4.78, 5) is 0. The molecule has 98 valence electrons. The summed E-state index contributed by atoms with van der Waals surface area (Å²) in [5.74, 6) is -4.05. The molecule has 0 saturated heterocycles. The Labute approximate surface area is 102 Å². The number of rotatable bonds is 4. The van der Waals surface area contributed by atoms with Gasteiger partial charge < -0.3 is 10.5 Å². The van der Waals surface area contributed by atoms with Crippen LogP contribution in [0.5, 0.6) is 5.75 Å². The topological polar surface area (TPSA) is 35.2 Å². The molecule has 0 amide bonds. The fraction of sp³-hybridized carbons (Fsp3) is 0.400. The highest BCUT2D eigenvalue weighted by Crippen LogP contribution is 2.25. The second-order valence-electron chi connectivity index (χ2n) is 3.37. The van der Waals surface area contributed by atoms with Gasteiger partial charge in [-0.15, -0.1) is 12.4 Å². The molecule has 0 aliphatic rings. The molecule has 2 nitrogen and oxygen atoms in total. The molecule has 1 aromatic rings. The molecular formula is C10H12ClF4NO. The molecule has 0 aliphatic carbocycles. The van der Waals surface area contributed by atoms with E-state index in [1.54, 1.807) is 6.92 Å². The average molecular weight is 274 g/mol. The molecule has 0 atom stereocenters. The van der Waals surface area contributed by atoms with Crippen molar-refractivity contribution in [3.05, 3.63) is 23.8 Å². The van der Waals surface area contributed by atoms with E-state index in [0.29, 0.717) is 11.3 Å². The van der Waals surface area contributed by atoms with Gasteiger partial charge in [0.1, 0.15) is 5.75 Å². The summed E-state index contributed by atoms with van der Waals surface area (Å²) in [6.45, 7) is 0.307. The standard InChI is InChI=1S/C10H11F4NO.ClH/c1-6-4-7(2-3-8(6)15)16-5-10(13,14)9(11)12;/h2-4,9H,5,15H2,1H3;1H. The van der Waals surface area contributed by atoms with Crippen molar-refractivity contribution in [2.24, 2.45) is 0 Å². The van der Waals surface area contributed by atoms with E-state index in [9.17, 15) is 17.6 Å². The molecule has 2 N–H and O–H groups in total. The molecule has 0 bridgehead atoms. The number of nitrogens with two attached hydrogens (primary N) is 1. The van der Waals surface area contributed by atoms with Crippen molar-refractivity contribution in [1.82, 2.24) is 0 Å². The quantitative estimate of drug-likeness (QED) is 0.675. The van der Waals surface area contributed by atoms with Crippen molar-refractivity contribution in [3.63, 3.8) is 0 Å². The Morgan fingerprint density at radius 3 is 2.41 bits per heavy atom. The fourth-order valence-corrected chi connectivity index (χ4v) is 0.981. The molecule has 1 rings (SSSR count). The molecular weight excluding hydrogens is 262 g/mol. The number of hydrogen-bond acceptors (Lipinski definition) is 2. The van der Waals surface area contributed by atoms with Crippen LogP contribution < -0.4 is 10.5 Å². The smallest absolute Gasteiger partial charge is 0.340 e. The van der Waals surface area contributed by atoms with Crippen LogP contribution in [0.15, 0.2) is 18.2 Å². The fourth-order valence-electron chi connectivity index (χ4n) is 0.981. The molecule has 7 heteroatoms. The molecule has 0 heterocycles. The molecule has 17 heavy (non-hydrogen) atoms. The van der Waals surface area contributed by atoms with E-state index in [1.165, 1.54) is 18.2 Å². The van der Waals surface area contributed by atoms with Crippen LogP contribution >= 0.6 is 12.4 Å². The predicted molar refractivity (Wildman–Crippen MR) is 59.3 cm³/mol. The maximum absolute atomic E-state index is 12.5. The number of benzene rings is 1. The van der Waals surface area contributed by atoms with Gasteiger partial charge in [-0.3, -0.25) is 0 Å². The zero-order chi connectivity index (χ0) is 12.3. The number of anilines is 1. The lowest BCUT2D eigenvalue weighted by Crippen LogP contribution is -2.33. The third kappa shape index (κ3) is 4.30. The summed E-state index contributed by atoms with van der Waals surface area (Å²) < 4.78 is 53.2. The van der Waals surface area contributed by atoms with E-state index in [1.807, 2.05) is 0 Å². The highest BCUT2D eigenvalue weighted by molar-refractivity contribution is 5.85. The van der Waals surface area contributed by atoms with Gasteiger partial charge in [0, 0.05) is 5.69 Å². The van der Waals surface area contributed by atoms with Gasteiger partial charge in [0.05, 0.1) is 0 Å². The van der Waals surface area contributed by atoms with Crippen molar-refractivity contribution in [1.29, 1.82) is 0 Å². The normalized spacial score (nSPS) is 11.2. The summed E-state index contributed by atoms with van der Waals surface area (Å²) >= 11 is 0. The number of hydrogen-bond donors (Lipinski definition) is 1. The van der Waals surface area contributed by atoms with Crippen LogP contribution in [-0.4, -0.2) is 19.0 Å². The lowest BCUT2D eigenvalue weighted by Gasteiger charge is -2.16. The Bertz CT molecular complexity index is 373. The Morgan fingerprint density at radius 2 is 1.94 bits per heavy atom. The third-order valence-electron chi connectivity index (χ3n) is 1.99. The SMILES string of the molecule is Cc1cc(OCC(F)(F)C(F)F)ccc1N.Cl. The monoisotopic (exact) mass is 273 g/mol. The molecule has 0 saturated carbocycles. The van der Waals surface area contributed by atoms with Crippen molar-refractivity contribution in [3.8, 4) is 5.75 Å². The molecule has 0 unspecified atom stereocenters. The zero-order valence-corrected chi connectivity index (χ0v) is 9.74. The maximum atomic E-state index is 12.5. The van der Waals surface area contributed by atoms with E-state index in [-0.39, 0.29) is 18.2 Å². The minimum Gasteiger partial charge on any atom is -0.487 e. The van der Waals surface area contributed by atoms with Crippen molar-refractivity contribution < 1.29 is 22.3 Å². The Kier molecular flexibility index (Phi) is 5.54. The van der Waals surface area contributed by atoms with E-state index < -0.39 is 19.0 Å². The molecule has 0 radical (unpaired) electrons. The first-order valence-electron chi connectivity index (χ1n) is 4.48. The maximum Gasteiger partial charge on any atom is 0.340 e. The number of halogens is 5. The molecule has 0 aromatic heterocycles. The Morgan fingerprint density at radius 1 is 1.35 bits per heavy atom. The predicted octanol–water partition coefficient (Wildman–Crippen LogP) is 3.28. The number of aryl methyl sites for hydroxylation is 1. The van der Waals surface area contributed by atoms with Crippen LogP contribution in [0, 0.1) is 6.92 Å². The summed E-state index contributed by atoms with van der Waals surface area (Å²) in [5.41, 5.74) is 6.61. The van der Waals surface area contributed by atoms with Gasteiger partial charge in [0.15, 0.2) is 6.61 Å². The van der Waals surface area contributed by atoms with Crippen LogP contribution in [0.1, 0.15) is 5.56 Å². The average Bonchev–Trinajstić information content (AvgIpc) is 2.20. The van der Waals surface area contributed by atoms with Crippen LogP contribution in [0.2, 0.25) is 0 Å². The summed E-state index contributed by atoms with van der Waals surface area (Å²) in [7, 11) is 0. The van der Waals surface area contributed by atoms with Gasteiger partial charge in [0.25, 0.3) is 0 Å². The van der Waals surface area contributed by atoms with Crippen molar-refractivity contribution in [2.75, 3.05) is 12.3 Å². The van der Waals surface area contributed by atoms with Crippen molar-refractivity contribution in [2.45, 2.75) is 19.3 Å². The lowest BCUT2D eigenvalue weighted by atomic mass is 10.2. The molecule has 0 aliphatic heterocycles. The summed E-state index contributed by atoms with van der Waals surface area (Å²) in [6.07, 6.45) is -3.73. The number of alkyl halides is 4. The summed E-state index contributed by atoms with van der Waals surface area (Å²) in [6, 6.07) is 4.23.